The van der Waals surface area contributed by atoms with Gasteiger partial charge in [-0.25, -0.2) is 0 Å². The lowest BCUT2D eigenvalue weighted by Gasteiger charge is -2.35. The molecule has 1 N–H and O–H groups in total. The molecule has 0 atom stereocenters. The number of nitrogens with zero attached hydrogens (tertiary/aromatic N) is 3. The predicted octanol–water partition coefficient (Wildman–Crippen LogP) is 2.57. The van der Waals surface area contributed by atoms with Crippen molar-refractivity contribution < 1.29 is 24.2 Å². The SMILES string of the molecule is COC(=O)CSCC(=O)N(CCO)c1ccc(C(=O)N2CCN(CCc3ccc(Cl)cc3)CC2)cc1. The summed E-state index contributed by atoms with van der Waals surface area (Å²) in [5.41, 5.74) is 2.40. The minimum Gasteiger partial charge on any atom is -0.468 e. The van der Waals surface area contributed by atoms with E-state index in [-0.39, 0.29) is 36.5 Å². The summed E-state index contributed by atoms with van der Waals surface area (Å²) in [6.45, 7) is 3.82. The van der Waals surface area contributed by atoms with Crippen molar-refractivity contribution in [1.29, 1.82) is 0 Å². The highest BCUT2D eigenvalue weighted by atomic mass is 35.5. The Morgan fingerprint density at radius 1 is 1.00 bits per heavy atom. The van der Waals surface area contributed by atoms with Crippen LogP contribution in [0, 0.1) is 0 Å². The van der Waals surface area contributed by atoms with Crippen LogP contribution in [0.1, 0.15) is 15.9 Å². The summed E-state index contributed by atoms with van der Waals surface area (Å²) in [5.74, 6) is -0.499. The zero-order chi connectivity index (χ0) is 25.9. The predicted molar refractivity (Wildman–Crippen MR) is 143 cm³/mol. The lowest BCUT2D eigenvalue weighted by molar-refractivity contribution is -0.137. The van der Waals surface area contributed by atoms with Gasteiger partial charge < -0.3 is 19.6 Å². The van der Waals surface area contributed by atoms with E-state index in [0.29, 0.717) is 24.3 Å². The van der Waals surface area contributed by atoms with Gasteiger partial charge in [-0.15, -0.1) is 11.8 Å². The molecule has 36 heavy (non-hydrogen) atoms. The third kappa shape index (κ3) is 8.23. The molecular weight excluding hydrogens is 502 g/mol. The number of anilines is 1. The van der Waals surface area contributed by atoms with Crippen LogP contribution in [0.25, 0.3) is 0 Å². The quantitative estimate of drug-likeness (QED) is 0.444. The zero-order valence-electron chi connectivity index (χ0n) is 20.4. The van der Waals surface area contributed by atoms with Crippen molar-refractivity contribution in [1.82, 2.24) is 9.80 Å². The van der Waals surface area contributed by atoms with Crippen molar-refractivity contribution in [2.75, 3.05) is 69.4 Å². The van der Waals surface area contributed by atoms with E-state index >= 15 is 0 Å². The minimum atomic E-state index is -0.397. The second-order valence-electron chi connectivity index (χ2n) is 8.40. The van der Waals surface area contributed by atoms with Crippen LogP contribution in [0.15, 0.2) is 48.5 Å². The number of carbonyl (C=O) groups is 3. The Morgan fingerprint density at radius 2 is 1.67 bits per heavy atom. The van der Waals surface area contributed by atoms with Gasteiger partial charge in [-0.1, -0.05) is 23.7 Å². The Kier molecular flexibility index (Phi) is 11.1. The Hall–Kier alpha value is -2.59. The molecule has 10 heteroatoms. The summed E-state index contributed by atoms with van der Waals surface area (Å²) in [4.78, 5) is 42.6. The molecule has 2 aromatic carbocycles. The monoisotopic (exact) mass is 533 g/mol. The number of amides is 2. The number of methoxy groups -OCH3 is 1. The molecule has 0 unspecified atom stereocenters. The van der Waals surface area contributed by atoms with Gasteiger partial charge in [0.05, 0.1) is 25.2 Å². The van der Waals surface area contributed by atoms with Gasteiger partial charge in [0, 0.05) is 55.5 Å². The number of hydrogen-bond acceptors (Lipinski definition) is 7. The number of benzene rings is 2. The average molecular weight is 534 g/mol. The molecule has 0 saturated carbocycles. The maximum absolute atomic E-state index is 13.0. The van der Waals surface area contributed by atoms with E-state index in [1.807, 2.05) is 29.2 Å². The number of piperazine rings is 1. The molecule has 2 amide bonds. The number of halogens is 1. The second kappa shape index (κ2) is 14.2. The van der Waals surface area contributed by atoms with E-state index in [2.05, 4.69) is 9.64 Å². The summed E-state index contributed by atoms with van der Waals surface area (Å²) in [6, 6.07) is 14.8. The Bertz CT molecular complexity index is 1010. The Balaban J connectivity index is 1.50. The first-order chi connectivity index (χ1) is 17.4. The summed E-state index contributed by atoms with van der Waals surface area (Å²) in [6.07, 6.45) is 0.941. The van der Waals surface area contributed by atoms with Crippen molar-refractivity contribution in [3.05, 3.63) is 64.7 Å². The van der Waals surface area contributed by atoms with E-state index in [1.165, 1.54) is 17.6 Å². The van der Waals surface area contributed by atoms with Gasteiger partial charge in [-0.05, 0) is 48.4 Å². The highest BCUT2D eigenvalue weighted by molar-refractivity contribution is 8.00. The Labute approximate surface area is 221 Å². The van der Waals surface area contributed by atoms with Crippen molar-refractivity contribution >= 4 is 46.8 Å². The number of aliphatic hydroxyl groups is 1. The normalized spacial score (nSPS) is 13.9. The molecule has 3 rings (SSSR count). The third-order valence-corrected chi connectivity index (χ3v) is 7.16. The highest BCUT2D eigenvalue weighted by Crippen LogP contribution is 2.19. The van der Waals surface area contributed by atoms with E-state index in [0.717, 1.165) is 42.8 Å². The molecular formula is C26H32ClN3O5S. The first-order valence-corrected chi connectivity index (χ1v) is 13.4. The third-order valence-electron chi connectivity index (χ3n) is 6.01. The van der Waals surface area contributed by atoms with Crippen LogP contribution >= 0.6 is 23.4 Å². The number of esters is 1. The molecule has 194 valence electrons. The van der Waals surface area contributed by atoms with Crippen molar-refractivity contribution in [2.45, 2.75) is 6.42 Å². The fourth-order valence-corrected chi connectivity index (χ4v) is 4.78. The second-order valence-corrected chi connectivity index (χ2v) is 9.82. The molecule has 0 bridgehead atoms. The molecule has 0 aromatic heterocycles. The van der Waals surface area contributed by atoms with Crippen LogP contribution in [-0.2, 0) is 20.7 Å². The summed E-state index contributed by atoms with van der Waals surface area (Å²) in [7, 11) is 1.30. The topological polar surface area (TPSA) is 90.4 Å². The summed E-state index contributed by atoms with van der Waals surface area (Å²) in [5, 5.41) is 10.1. The number of carbonyl (C=O) groups excluding carboxylic acids is 3. The molecule has 0 radical (unpaired) electrons. The molecule has 1 saturated heterocycles. The summed E-state index contributed by atoms with van der Waals surface area (Å²) < 4.78 is 4.58. The molecule has 1 fully saturated rings. The molecule has 0 aliphatic carbocycles. The standard InChI is InChI=1S/C26H32ClN3O5S/c1-35-25(33)19-36-18-24(32)30(16-17-31)23-8-4-21(5-9-23)26(34)29-14-12-28(13-15-29)11-10-20-2-6-22(27)7-3-20/h2-9,31H,10-19H2,1H3. The minimum absolute atomic E-state index is 0.0347. The maximum atomic E-state index is 13.0. The van der Waals surface area contributed by atoms with E-state index in [4.69, 9.17) is 11.6 Å². The van der Waals surface area contributed by atoms with Gasteiger partial charge in [-0.2, -0.15) is 0 Å². The summed E-state index contributed by atoms with van der Waals surface area (Å²) >= 11 is 7.11. The van der Waals surface area contributed by atoms with Crippen LogP contribution in [0.2, 0.25) is 5.02 Å². The number of thioether (sulfide) groups is 1. The maximum Gasteiger partial charge on any atom is 0.315 e. The van der Waals surface area contributed by atoms with Gasteiger partial charge in [0.15, 0.2) is 0 Å². The lowest BCUT2D eigenvalue weighted by Crippen LogP contribution is -2.49. The zero-order valence-corrected chi connectivity index (χ0v) is 22.0. The van der Waals surface area contributed by atoms with Crippen LogP contribution in [0.3, 0.4) is 0 Å². The first-order valence-electron chi connectivity index (χ1n) is 11.8. The molecule has 2 aromatic rings. The van der Waals surface area contributed by atoms with Crippen LogP contribution in [0.5, 0.6) is 0 Å². The number of hydrogen-bond donors (Lipinski definition) is 1. The first kappa shape index (κ1) is 28.0. The molecule has 8 nitrogen and oxygen atoms in total. The average Bonchev–Trinajstić information content (AvgIpc) is 2.91. The molecule has 0 spiro atoms. The molecule has 1 aliphatic heterocycles. The largest absolute Gasteiger partial charge is 0.468 e. The van der Waals surface area contributed by atoms with Gasteiger partial charge in [0.25, 0.3) is 5.91 Å². The number of ether oxygens (including phenoxy) is 1. The van der Waals surface area contributed by atoms with E-state index < -0.39 is 5.97 Å². The van der Waals surface area contributed by atoms with Gasteiger partial charge in [0.2, 0.25) is 5.91 Å². The van der Waals surface area contributed by atoms with Gasteiger partial charge in [0.1, 0.15) is 0 Å². The lowest BCUT2D eigenvalue weighted by atomic mass is 10.1. The van der Waals surface area contributed by atoms with Crippen LogP contribution in [0.4, 0.5) is 5.69 Å². The fourth-order valence-electron chi connectivity index (χ4n) is 3.94. The van der Waals surface area contributed by atoms with Crippen molar-refractivity contribution in [3.8, 4) is 0 Å². The number of rotatable bonds is 11. The highest BCUT2D eigenvalue weighted by Gasteiger charge is 2.23. The number of aliphatic hydroxyl groups excluding tert-OH is 1. The van der Waals surface area contributed by atoms with Crippen molar-refractivity contribution in [3.63, 3.8) is 0 Å². The van der Waals surface area contributed by atoms with Crippen molar-refractivity contribution in [2.24, 2.45) is 0 Å². The Morgan fingerprint density at radius 3 is 2.28 bits per heavy atom. The van der Waals surface area contributed by atoms with Gasteiger partial charge in [-0.3, -0.25) is 19.3 Å². The molecule has 1 aliphatic rings. The van der Waals surface area contributed by atoms with Crippen LogP contribution in [-0.4, -0.2) is 97.2 Å². The molecule has 1 heterocycles. The van der Waals surface area contributed by atoms with Gasteiger partial charge >= 0.3 is 5.97 Å². The fraction of sp³-hybridized carbons (Fsp3) is 0.423. The van der Waals surface area contributed by atoms with E-state index in [9.17, 15) is 19.5 Å². The smallest absolute Gasteiger partial charge is 0.315 e. The van der Waals surface area contributed by atoms with E-state index in [1.54, 1.807) is 24.3 Å². The van der Waals surface area contributed by atoms with Crippen LogP contribution < -0.4 is 4.90 Å².